The highest BCUT2D eigenvalue weighted by atomic mass is 16.5. The number of H-pyrrole nitrogens is 1. The van der Waals surface area contributed by atoms with Crippen LogP contribution in [0, 0.1) is 0 Å². The highest BCUT2D eigenvalue weighted by Crippen LogP contribution is 2.26. The largest absolute Gasteiger partial charge is 0.396 e. The van der Waals surface area contributed by atoms with Gasteiger partial charge in [0, 0.05) is 42.2 Å². The van der Waals surface area contributed by atoms with Crippen molar-refractivity contribution in [1.29, 1.82) is 0 Å². The molecule has 0 saturated carbocycles. The van der Waals surface area contributed by atoms with Crippen LogP contribution >= 0.6 is 0 Å². The molecule has 9 nitrogen and oxygen atoms in total. The van der Waals surface area contributed by atoms with Crippen molar-refractivity contribution in [2.45, 2.75) is 13.1 Å². The zero-order valence-electron chi connectivity index (χ0n) is 15.5. The topological polar surface area (TPSA) is 124 Å². The third kappa shape index (κ3) is 3.53. The second-order valence-electron chi connectivity index (χ2n) is 6.44. The van der Waals surface area contributed by atoms with Crippen molar-refractivity contribution in [2.24, 2.45) is 5.84 Å². The molecule has 9 heteroatoms. The Kier molecular flexibility index (Phi) is 4.92. The number of nitrogen functional groups attached to an aromatic ring is 1. The van der Waals surface area contributed by atoms with Crippen LogP contribution in [0.1, 0.15) is 5.56 Å². The van der Waals surface area contributed by atoms with Crippen LogP contribution in [0.25, 0.3) is 22.3 Å². The quantitative estimate of drug-likeness (QED) is 0.331. The summed E-state index contributed by atoms with van der Waals surface area (Å²) < 4.78 is 6.90. The van der Waals surface area contributed by atoms with Gasteiger partial charge in [0.2, 0.25) is 0 Å². The molecule has 0 radical (unpaired) electrons. The normalized spacial score (nSPS) is 11.2. The van der Waals surface area contributed by atoms with Gasteiger partial charge in [0.1, 0.15) is 5.65 Å². The summed E-state index contributed by atoms with van der Waals surface area (Å²) in [6.45, 7) is 1.72. The zero-order valence-corrected chi connectivity index (χ0v) is 15.5. The van der Waals surface area contributed by atoms with Gasteiger partial charge in [0.25, 0.3) is 0 Å². The van der Waals surface area contributed by atoms with Gasteiger partial charge in [-0.3, -0.25) is 9.69 Å². The van der Waals surface area contributed by atoms with E-state index in [1.54, 1.807) is 30.6 Å². The Labute approximate surface area is 161 Å². The second-order valence-corrected chi connectivity index (χ2v) is 6.44. The summed E-state index contributed by atoms with van der Waals surface area (Å²) in [6, 6.07) is 7.57. The average molecular weight is 378 g/mol. The molecule has 0 aliphatic heterocycles. The summed E-state index contributed by atoms with van der Waals surface area (Å²) >= 11 is 0. The molecular formula is C19H22N8O. The molecule has 0 fully saturated rings. The fraction of sp³-hybridized carbons (Fsp3) is 0.211. The molecule has 0 saturated heterocycles. The second kappa shape index (κ2) is 7.67. The van der Waals surface area contributed by atoms with E-state index in [2.05, 4.69) is 20.1 Å². The number of hydrogen-bond donors (Lipinski definition) is 3. The summed E-state index contributed by atoms with van der Waals surface area (Å²) in [5.74, 6) is 6.83. The Bertz CT molecular complexity index is 1090. The van der Waals surface area contributed by atoms with Crippen LogP contribution in [0.4, 0.5) is 11.5 Å². The van der Waals surface area contributed by atoms with Crippen molar-refractivity contribution < 1.29 is 4.74 Å². The van der Waals surface area contributed by atoms with Crippen molar-refractivity contribution in [3.8, 4) is 11.3 Å². The molecule has 0 unspecified atom stereocenters. The van der Waals surface area contributed by atoms with Gasteiger partial charge in [-0.25, -0.2) is 15.8 Å². The maximum atomic E-state index is 6.32. The Morgan fingerprint density at radius 1 is 1.29 bits per heavy atom. The van der Waals surface area contributed by atoms with E-state index in [9.17, 15) is 0 Å². The van der Waals surface area contributed by atoms with Crippen molar-refractivity contribution in [2.75, 3.05) is 24.5 Å². The van der Waals surface area contributed by atoms with E-state index in [1.807, 2.05) is 35.3 Å². The summed E-state index contributed by atoms with van der Waals surface area (Å²) in [4.78, 5) is 12.1. The molecule has 0 amide bonds. The smallest absolute Gasteiger partial charge is 0.166 e. The van der Waals surface area contributed by atoms with E-state index in [0.29, 0.717) is 31.2 Å². The maximum Gasteiger partial charge on any atom is 0.166 e. The molecule has 0 spiro atoms. The number of hydrogen-bond acceptors (Lipinski definition) is 7. The number of nitrogens with zero attached hydrogens (tertiary/aromatic N) is 5. The maximum absolute atomic E-state index is 6.32. The van der Waals surface area contributed by atoms with Gasteiger partial charge in [-0.1, -0.05) is 0 Å². The lowest BCUT2D eigenvalue weighted by Gasteiger charge is -2.19. The van der Waals surface area contributed by atoms with Gasteiger partial charge in [0.15, 0.2) is 5.82 Å². The van der Waals surface area contributed by atoms with E-state index in [-0.39, 0.29) is 0 Å². The zero-order chi connectivity index (χ0) is 19.5. The number of rotatable bonds is 7. The first-order chi connectivity index (χ1) is 13.7. The summed E-state index contributed by atoms with van der Waals surface area (Å²) in [5, 5.41) is 6.90. The number of hydrazine groups is 1. The lowest BCUT2D eigenvalue weighted by atomic mass is 10.2. The number of anilines is 2. The Morgan fingerprint density at radius 3 is 3.04 bits per heavy atom. The van der Waals surface area contributed by atoms with Crippen molar-refractivity contribution in [1.82, 2.24) is 24.7 Å². The molecule has 0 aliphatic carbocycles. The molecule has 0 bridgehead atoms. The van der Waals surface area contributed by atoms with E-state index in [0.717, 1.165) is 27.9 Å². The van der Waals surface area contributed by atoms with Crippen LogP contribution in [0.5, 0.6) is 0 Å². The molecule has 0 atom stereocenters. The molecule has 0 aliphatic rings. The molecule has 144 valence electrons. The third-order valence-corrected chi connectivity index (χ3v) is 4.51. The molecular weight excluding hydrogens is 356 g/mol. The molecule has 4 aromatic heterocycles. The van der Waals surface area contributed by atoms with Crippen LogP contribution in [-0.4, -0.2) is 38.4 Å². The molecule has 4 heterocycles. The first-order valence-corrected chi connectivity index (χ1v) is 8.87. The first-order valence-electron chi connectivity index (χ1n) is 8.87. The standard InChI is InChI=1S/C19H22N8O/c1-28-8-7-26-11-14(10-24-26)17-5-4-16(20)19(25-17)27(21)12-13-9-23-18-15(13)3-2-6-22-18/h2-6,9-11H,7-8,12,20-21H2,1H3,(H,22,23). The molecule has 5 N–H and O–H groups in total. The lowest BCUT2D eigenvalue weighted by Crippen LogP contribution is -2.31. The molecule has 28 heavy (non-hydrogen) atoms. The summed E-state index contributed by atoms with van der Waals surface area (Å²) in [7, 11) is 1.66. The number of nitrogens with one attached hydrogen (secondary N) is 1. The molecule has 0 aromatic carbocycles. The van der Waals surface area contributed by atoms with Gasteiger partial charge in [0.05, 0.1) is 37.3 Å². The fourth-order valence-electron chi connectivity index (χ4n) is 3.05. The van der Waals surface area contributed by atoms with Gasteiger partial charge in [-0.05, 0) is 24.3 Å². The van der Waals surface area contributed by atoms with Crippen LogP contribution in [0.15, 0.2) is 49.1 Å². The predicted molar refractivity (Wildman–Crippen MR) is 108 cm³/mol. The fourth-order valence-corrected chi connectivity index (χ4v) is 3.05. The predicted octanol–water partition coefficient (Wildman–Crippen LogP) is 1.93. The number of aromatic nitrogens is 5. The Balaban J connectivity index is 1.58. The number of nitrogens with two attached hydrogens (primary N) is 2. The number of pyridine rings is 2. The number of ether oxygens (including phenoxy) is 1. The van der Waals surface area contributed by atoms with E-state index < -0.39 is 0 Å². The van der Waals surface area contributed by atoms with Crippen molar-refractivity contribution in [3.63, 3.8) is 0 Å². The minimum Gasteiger partial charge on any atom is -0.396 e. The van der Waals surface area contributed by atoms with Crippen LogP contribution in [-0.2, 0) is 17.8 Å². The van der Waals surface area contributed by atoms with Gasteiger partial charge < -0.3 is 15.5 Å². The minimum absolute atomic E-state index is 0.444. The average Bonchev–Trinajstić information content (AvgIpc) is 3.34. The Morgan fingerprint density at radius 2 is 2.18 bits per heavy atom. The summed E-state index contributed by atoms with van der Waals surface area (Å²) in [5.41, 5.74) is 10.1. The first kappa shape index (κ1) is 18.0. The third-order valence-electron chi connectivity index (χ3n) is 4.51. The highest BCUT2D eigenvalue weighted by Gasteiger charge is 2.14. The number of aromatic amines is 1. The lowest BCUT2D eigenvalue weighted by molar-refractivity contribution is 0.183. The van der Waals surface area contributed by atoms with Crippen LogP contribution in [0.3, 0.4) is 0 Å². The number of methoxy groups -OCH3 is 1. The van der Waals surface area contributed by atoms with E-state index in [4.69, 9.17) is 16.3 Å². The van der Waals surface area contributed by atoms with Crippen LogP contribution < -0.4 is 16.6 Å². The van der Waals surface area contributed by atoms with E-state index >= 15 is 0 Å². The molecule has 4 aromatic rings. The highest BCUT2D eigenvalue weighted by molar-refractivity contribution is 5.80. The van der Waals surface area contributed by atoms with Gasteiger partial charge in [-0.15, -0.1) is 0 Å². The molecule has 4 rings (SSSR count). The van der Waals surface area contributed by atoms with Crippen molar-refractivity contribution in [3.05, 3.63) is 54.6 Å². The monoisotopic (exact) mass is 378 g/mol. The van der Waals surface area contributed by atoms with Crippen LogP contribution in [0.2, 0.25) is 0 Å². The van der Waals surface area contributed by atoms with Crippen molar-refractivity contribution >= 4 is 22.5 Å². The Hall–Kier alpha value is -3.43. The van der Waals surface area contributed by atoms with E-state index in [1.165, 1.54) is 0 Å². The number of fused-ring (bicyclic) bond motifs is 1. The minimum atomic E-state index is 0.444. The van der Waals surface area contributed by atoms with Gasteiger partial charge >= 0.3 is 0 Å². The van der Waals surface area contributed by atoms with Gasteiger partial charge in [-0.2, -0.15) is 5.10 Å². The summed E-state index contributed by atoms with van der Waals surface area (Å²) in [6.07, 6.45) is 7.34. The SMILES string of the molecule is COCCn1cc(-c2ccc(N)c(N(N)Cc3c[nH]c4ncccc34)n2)cn1.